The van der Waals surface area contributed by atoms with Crippen LogP contribution in [-0.2, 0) is 11.2 Å². The summed E-state index contributed by atoms with van der Waals surface area (Å²) in [4.78, 5) is 14.0. The summed E-state index contributed by atoms with van der Waals surface area (Å²) in [5.41, 5.74) is 2.47. The monoisotopic (exact) mass is 229 g/mol. The first-order valence-corrected chi connectivity index (χ1v) is 6.56. The molecule has 0 saturated heterocycles. The summed E-state index contributed by atoms with van der Waals surface area (Å²) in [6, 6.07) is 8.79. The second kappa shape index (κ2) is 3.86. The van der Waals surface area contributed by atoms with E-state index in [1.807, 2.05) is 6.07 Å². The molecule has 1 aromatic rings. The van der Waals surface area contributed by atoms with Crippen LogP contribution in [0.25, 0.3) is 0 Å². The van der Waals surface area contributed by atoms with Gasteiger partial charge in [0.1, 0.15) is 0 Å². The zero-order chi connectivity index (χ0) is 12.0. The van der Waals surface area contributed by atoms with Gasteiger partial charge in [0.15, 0.2) is 0 Å². The van der Waals surface area contributed by atoms with E-state index in [2.05, 4.69) is 30.0 Å². The minimum atomic E-state index is 0.195. The number of carbonyl (C=O) groups is 1. The van der Waals surface area contributed by atoms with Crippen molar-refractivity contribution in [1.82, 2.24) is 0 Å². The summed E-state index contributed by atoms with van der Waals surface area (Å²) < 4.78 is 0. The van der Waals surface area contributed by atoms with E-state index in [0.717, 1.165) is 18.0 Å². The maximum absolute atomic E-state index is 12.0. The second-order valence-electron chi connectivity index (χ2n) is 5.53. The van der Waals surface area contributed by atoms with Crippen molar-refractivity contribution in [3.05, 3.63) is 29.8 Å². The highest BCUT2D eigenvalue weighted by Crippen LogP contribution is 2.45. The molecule has 1 aliphatic heterocycles. The molecule has 1 saturated carbocycles. The lowest BCUT2D eigenvalue weighted by atomic mass is 9.84. The van der Waals surface area contributed by atoms with E-state index in [1.165, 1.54) is 18.4 Å². The van der Waals surface area contributed by atoms with Gasteiger partial charge in [-0.3, -0.25) is 4.79 Å². The fourth-order valence-electron chi connectivity index (χ4n) is 3.29. The Labute approximate surface area is 103 Å². The van der Waals surface area contributed by atoms with E-state index in [-0.39, 0.29) is 5.91 Å². The Kier molecular flexibility index (Phi) is 2.46. The largest absolute Gasteiger partial charge is 0.309 e. The summed E-state index contributed by atoms with van der Waals surface area (Å²) in [5.74, 6) is 1.52. The summed E-state index contributed by atoms with van der Waals surface area (Å²) >= 11 is 0. The van der Waals surface area contributed by atoms with E-state index in [4.69, 9.17) is 0 Å². The van der Waals surface area contributed by atoms with Crippen LogP contribution in [0.1, 0.15) is 32.3 Å². The van der Waals surface area contributed by atoms with Crippen LogP contribution in [0.5, 0.6) is 0 Å². The Balaban J connectivity index is 2.06. The Morgan fingerprint density at radius 1 is 1.29 bits per heavy atom. The average Bonchev–Trinajstić information content (AvgIpc) is 3.10. The van der Waals surface area contributed by atoms with Crippen molar-refractivity contribution in [2.75, 3.05) is 4.90 Å². The van der Waals surface area contributed by atoms with Crippen LogP contribution < -0.4 is 4.90 Å². The van der Waals surface area contributed by atoms with Gasteiger partial charge in [-0.05, 0) is 42.7 Å². The standard InChI is InChI=1S/C15H19NO/c1-10-9-13-5-3-4-6-14(13)16(11(2)17)15(10)12-7-8-12/h3-6,10,12,15H,7-9H2,1-2H3/t10-,15-/m1/s1. The van der Waals surface area contributed by atoms with Gasteiger partial charge in [-0.1, -0.05) is 25.1 Å². The average molecular weight is 229 g/mol. The topological polar surface area (TPSA) is 20.3 Å². The molecule has 0 bridgehead atoms. The molecule has 0 N–H and O–H groups in total. The first-order valence-electron chi connectivity index (χ1n) is 6.56. The van der Waals surface area contributed by atoms with Gasteiger partial charge in [-0.15, -0.1) is 0 Å². The molecule has 2 atom stereocenters. The van der Waals surface area contributed by atoms with Gasteiger partial charge in [0.05, 0.1) is 0 Å². The minimum Gasteiger partial charge on any atom is -0.309 e. The smallest absolute Gasteiger partial charge is 0.224 e. The van der Waals surface area contributed by atoms with Crippen LogP contribution in [0.4, 0.5) is 5.69 Å². The van der Waals surface area contributed by atoms with Crippen molar-refractivity contribution in [2.45, 2.75) is 39.2 Å². The van der Waals surface area contributed by atoms with Crippen LogP contribution in [-0.4, -0.2) is 11.9 Å². The maximum Gasteiger partial charge on any atom is 0.224 e. The number of anilines is 1. The molecular formula is C15H19NO. The quantitative estimate of drug-likeness (QED) is 0.725. The summed E-state index contributed by atoms with van der Waals surface area (Å²) in [7, 11) is 0. The number of amides is 1. The van der Waals surface area contributed by atoms with Crippen LogP contribution >= 0.6 is 0 Å². The maximum atomic E-state index is 12.0. The molecular weight excluding hydrogens is 210 g/mol. The Morgan fingerprint density at radius 2 is 2.00 bits per heavy atom. The number of para-hydroxylation sites is 1. The third-order valence-electron chi connectivity index (χ3n) is 4.12. The Morgan fingerprint density at radius 3 is 2.65 bits per heavy atom. The molecule has 1 fully saturated rings. The van der Waals surface area contributed by atoms with Crippen LogP contribution in [0.2, 0.25) is 0 Å². The number of hydrogen-bond donors (Lipinski definition) is 0. The first-order chi connectivity index (χ1) is 8.18. The van der Waals surface area contributed by atoms with Crippen molar-refractivity contribution < 1.29 is 4.79 Å². The SMILES string of the molecule is CC(=O)N1c2ccccc2C[C@@H](C)[C@@H]1C1CC1. The molecule has 1 aromatic carbocycles. The van der Waals surface area contributed by atoms with Crippen LogP contribution in [0.3, 0.4) is 0 Å². The molecule has 0 radical (unpaired) electrons. The highest BCUT2D eigenvalue weighted by Gasteiger charge is 2.43. The van der Waals surface area contributed by atoms with Gasteiger partial charge >= 0.3 is 0 Å². The summed E-state index contributed by atoms with van der Waals surface area (Å²) in [6.45, 7) is 3.99. The molecule has 2 heteroatoms. The number of carbonyl (C=O) groups excluding carboxylic acids is 1. The fourth-order valence-corrected chi connectivity index (χ4v) is 3.29. The highest BCUT2D eigenvalue weighted by atomic mass is 16.2. The molecule has 17 heavy (non-hydrogen) atoms. The molecule has 90 valence electrons. The molecule has 2 nitrogen and oxygen atoms in total. The number of fused-ring (bicyclic) bond motifs is 1. The first kappa shape index (κ1) is 10.8. The van der Waals surface area contributed by atoms with Crippen molar-refractivity contribution in [3.63, 3.8) is 0 Å². The predicted molar refractivity (Wildman–Crippen MR) is 69.0 cm³/mol. The molecule has 2 aliphatic rings. The Hall–Kier alpha value is -1.31. The van der Waals surface area contributed by atoms with Crippen molar-refractivity contribution in [1.29, 1.82) is 0 Å². The van der Waals surface area contributed by atoms with E-state index < -0.39 is 0 Å². The van der Waals surface area contributed by atoms with Crippen molar-refractivity contribution >= 4 is 11.6 Å². The van der Waals surface area contributed by atoms with E-state index in [1.54, 1.807) is 6.92 Å². The third-order valence-corrected chi connectivity index (χ3v) is 4.12. The molecule has 1 heterocycles. The van der Waals surface area contributed by atoms with Gasteiger partial charge in [-0.25, -0.2) is 0 Å². The second-order valence-corrected chi connectivity index (χ2v) is 5.53. The number of hydrogen-bond acceptors (Lipinski definition) is 1. The minimum absolute atomic E-state index is 0.195. The summed E-state index contributed by atoms with van der Waals surface area (Å²) in [5, 5.41) is 0. The number of nitrogens with zero attached hydrogens (tertiary/aromatic N) is 1. The van der Waals surface area contributed by atoms with E-state index in [0.29, 0.717) is 12.0 Å². The zero-order valence-corrected chi connectivity index (χ0v) is 10.5. The van der Waals surface area contributed by atoms with Gasteiger partial charge in [-0.2, -0.15) is 0 Å². The fraction of sp³-hybridized carbons (Fsp3) is 0.533. The Bertz CT molecular complexity index is 450. The summed E-state index contributed by atoms with van der Waals surface area (Å²) in [6.07, 6.45) is 3.70. The molecule has 0 unspecified atom stereocenters. The molecule has 1 amide bonds. The number of benzene rings is 1. The van der Waals surface area contributed by atoms with Gasteiger partial charge < -0.3 is 4.90 Å². The predicted octanol–water partition coefficient (Wildman–Crippen LogP) is 3.01. The lowest BCUT2D eigenvalue weighted by Crippen LogP contribution is -2.48. The zero-order valence-electron chi connectivity index (χ0n) is 10.5. The lowest BCUT2D eigenvalue weighted by Gasteiger charge is -2.41. The van der Waals surface area contributed by atoms with Crippen molar-refractivity contribution in [3.8, 4) is 0 Å². The molecule has 1 aliphatic carbocycles. The van der Waals surface area contributed by atoms with Crippen LogP contribution in [0, 0.1) is 11.8 Å². The van der Waals surface area contributed by atoms with E-state index >= 15 is 0 Å². The lowest BCUT2D eigenvalue weighted by molar-refractivity contribution is -0.117. The number of rotatable bonds is 1. The van der Waals surface area contributed by atoms with Gasteiger partial charge in [0.25, 0.3) is 0 Å². The van der Waals surface area contributed by atoms with Gasteiger partial charge in [0.2, 0.25) is 5.91 Å². The van der Waals surface area contributed by atoms with Crippen LogP contribution in [0.15, 0.2) is 24.3 Å². The normalized spacial score (nSPS) is 27.8. The highest BCUT2D eigenvalue weighted by molar-refractivity contribution is 5.93. The molecule has 3 rings (SSSR count). The van der Waals surface area contributed by atoms with Gasteiger partial charge in [0, 0.05) is 18.7 Å². The molecule has 0 spiro atoms. The molecule has 0 aromatic heterocycles. The van der Waals surface area contributed by atoms with E-state index in [9.17, 15) is 4.79 Å². The van der Waals surface area contributed by atoms with Crippen molar-refractivity contribution in [2.24, 2.45) is 11.8 Å². The third kappa shape index (κ3) is 1.76.